The summed E-state index contributed by atoms with van der Waals surface area (Å²) in [5, 5.41) is 9.49. The molecule has 7 heteroatoms. The van der Waals surface area contributed by atoms with Gasteiger partial charge in [0.15, 0.2) is 11.5 Å². The maximum Gasteiger partial charge on any atom is 0.167 e. The lowest BCUT2D eigenvalue weighted by molar-refractivity contribution is -0.0679. The van der Waals surface area contributed by atoms with Crippen LogP contribution >= 0.6 is 0 Å². The fourth-order valence-electron chi connectivity index (χ4n) is 2.03. The van der Waals surface area contributed by atoms with Gasteiger partial charge in [-0.05, 0) is 13.8 Å². The summed E-state index contributed by atoms with van der Waals surface area (Å²) in [4.78, 5) is 12.2. The molecule has 0 bridgehead atoms. The molecule has 0 spiro atoms. The number of hydrogen-bond acceptors (Lipinski definition) is 6. The van der Waals surface area contributed by atoms with Crippen LogP contribution in [0.3, 0.4) is 0 Å². The number of aromatic nitrogens is 4. The van der Waals surface area contributed by atoms with Crippen molar-refractivity contribution in [2.45, 2.75) is 38.2 Å². The van der Waals surface area contributed by atoms with Crippen LogP contribution in [-0.4, -0.2) is 36.3 Å². The van der Waals surface area contributed by atoms with Crippen LogP contribution in [0.4, 0.5) is 5.82 Å². The largest absolute Gasteiger partial charge is 0.390 e. The molecule has 0 saturated heterocycles. The average molecular weight is 249 g/mol. The van der Waals surface area contributed by atoms with Gasteiger partial charge in [-0.3, -0.25) is 4.57 Å². The van der Waals surface area contributed by atoms with Crippen LogP contribution in [0.25, 0.3) is 11.2 Å². The molecule has 3 atom stereocenters. The molecule has 1 fully saturated rings. The molecule has 2 heterocycles. The summed E-state index contributed by atoms with van der Waals surface area (Å²) < 4.78 is 7.61. The molecule has 0 amide bonds. The van der Waals surface area contributed by atoms with Gasteiger partial charge in [-0.2, -0.15) is 0 Å². The first-order chi connectivity index (χ1) is 8.51. The number of imidazole rings is 1. The van der Waals surface area contributed by atoms with Gasteiger partial charge in [0.2, 0.25) is 0 Å². The monoisotopic (exact) mass is 249 g/mol. The number of rotatable bonds is 3. The summed E-state index contributed by atoms with van der Waals surface area (Å²) in [6.07, 6.45) is 3.01. The van der Waals surface area contributed by atoms with E-state index in [1.807, 2.05) is 13.8 Å². The minimum Gasteiger partial charge on any atom is -0.390 e. The smallest absolute Gasteiger partial charge is 0.167 e. The summed E-state index contributed by atoms with van der Waals surface area (Å²) in [6, 6.07) is 0. The van der Waals surface area contributed by atoms with Gasteiger partial charge in [0.1, 0.15) is 18.1 Å². The van der Waals surface area contributed by atoms with E-state index >= 15 is 0 Å². The molecule has 3 N–H and O–H groups in total. The molecule has 2 aromatic rings. The maximum atomic E-state index is 9.49. The summed E-state index contributed by atoms with van der Waals surface area (Å²) in [5.41, 5.74) is 6.46. The molecule has 0 radical (unpaired) electrons. The van der Waals surface area contributed by atoms with E-state index in [0.29, 0.717) is 23.4 Å². The third kappa shape index (κ3) is 1.63. The highest BCUT2D eigenvalue weighted by Crippen LogP contribution is 2.42. The van der Waals surface area contributed by atoms with Crippen molar-refractivity contribution < 1.29 is 9.84 Å². The number of ether oxygens (including phenoxy) is 1. The number of nitrogens with two attached hydrogens (primary N) is 1. The lowest BCUT2D eigenvalue weighted by atomic mass is 10.4. The quantitative estimate of drug-likeness (QED) is 0.820. The first-order valence-corrected chi connectivity index (χ1v) is 5.80. The average Bonchev–Trinajstić information content (AvgIpc) is 2.77. The van der Waals surface area contributed by atoms with Crippen LogP contribution in [-0.2, 0) is 4.74 Å². The fraction of sp³-hybridized carbons (Fsp3) is 0.545. The number of aliphatic hydroxyl groups is 1. The van der Waals surface area contributed by atoms with Gasteiger partial charge < -0.3 is 15.6 Å². The Bertz CT molecular complexity index is 598. The van der Waals surface area contributed by atoms with Crippen LogP contribution in [0, 0.1) is 0 Å². The SMILES string of the molecule is CC(O[C@@]1(C)CC1O)n1cnc2c(N)ncnc21. The van der Waals surface area contributed by atoms with E-state index in [1.165, 1.54) is 6.33 Å². The Balaban J connectivity index is 1.92. The molecule has 0 aliphatic heterocycles. The van der Waals surface area contributed by atoms with E-state index in [0.717, 1.165) is 0 Å². The van der Waals surface area contributed by atoms with Crippen molar-refractivity contribution in [3.63, 3.8) is 0 Å². The molecular weight excluding hydrogens is 234 g/mol. The van der Waals surface area contributed by atoms with Crippen LogP contribution in [0.5, 0.6) is 0 Å². The van der Waals surface area contributed by atoms with E-state index < -0.39 is 11.7 Å². The van der Waals surface area contributed by atoms with Gasteiger partial charge in [0.25, 0.3) is 0 Å². The Labute approximate surface area is 104 Å². The van der Waals surface area contributed by atoms with Crippen molar-refractivity contribution in [1.29, 1.82) is 0 Å². The first kappa shape index (κ1) is 11.4. The second-order valence-corrected chi connectivity index (χ2v) is 4.83. The minimum absolute atomic E-state index is 0.272. The van der Waals surface area contributed by atoms with Gasteiger partial charge in [0, 0.05) is 6.42 Å². The van der Waals surface area contributed by atoms with Gasteiger partial charge in [0.05, 0.1) is 18.0 Å². The highest BCUT2D eigenvalue weighted by Gasteiger charge is 2.51. The Morgan fingerprint density at radius 1 is 1.56 bits per heavy atom. The van der Waals surface area contributed by atoms with Crippen LogP contribution in [0.15, 0.2) is 12.7 Å². The number of aliphatic hydroxyl groups excluding tert-OH is 1. The zero-order valence-electron chi connectivity index (χ0n) is 10.2. The number of fused-ring (bicyclic) bond motifs is 1. The fourth-order valence-corrected chi connectivity index (χ4v) is 2.03. The highest BCUT2D eigenvalue weighted by atomic mass is 16.5. The van der Waals surface area contributed by atoms with E-state index in [1.54, 1.807) is 10.9 Å². The number of anilines is 1. The first-order valence-electron chi connectivity index (χ1n) is 5.80. The molecular formula is C11H15N5O2. The normalized spacial score (nSPS) is 28.5. The van der Waals surface area contributed by atoms with Crippen molar-refractivity contribution in [3.8, 4) is 0 Å². The molecule has 1 aliphatic rings. The number of nitrogens with zero attached hydrogens (tertiary/aromatic N) is 4. The Hall–Kier alpha value is -1.73. The van der Waals surface area contributed by atoms with Crippen LogP contribution in [0.2, 0.25) is 0 Å². The predicted octanol–water partition coefficient (Wildman–Crippen LogP) is 0.467. The lowest BCUT2D eigenvalue weighted by Gasteiger charge is -2.20. The Kier molecular flexibility index (Phi) is 2.29. The van der Waals surface area contributed by atoms with Crippen LogP contribution < -0.4 is 5.73 Å². The maximum absolute atomic E-state index is 9.49. The Morgan fingerprint density at radius 2 is 2.28 bits per heavy atom. The van der Waals surface area contributed by atoms with Crippen molar-refractivity contribution in [1.82, 2.24) is 19.5 Å². The summed E-state index contributed by atoms with van der Waals surface area (Å²) >= 11 is 0. The minimum atomic E-state index is -0.464. The van der Waals surface area contributed by atoms with E-state index in [2.05, 4.69) is 15.0 Å². The molecule has 96 valence electrons. The second-order valence-electron chi connectivity index (χ2n) is 4.83. The van der Waals surface area contributed by atoms with Crippen molar-refractivity contribution >= 4 is 17.0 Å². The molecule has 1 saturated carbocycles. The van der Waals surface area contributed by atoms with Gasteiger partial charge >= 0.3 is 0 Å². The highest BCUT2D eigenvalue weighted by molar-refractivity contribution is 5.81. The molecule has 7 nitrogen and oxygen atoms in total. The van der Waals surface area contributed by atoms with Gasteiger partial charge in [-0.25, -0.2) is 15.0 Å². The molecule has 0 aromatic carbocycles. The summed E-state index contributed by atoms with van der Waals surface area (Å²) in [5.74, 6) is 0.351. The van der Waals surface area contributed by atoms with E-state index in [-0.39, 0.29) is 6.23 Å². The van der Waals surface area contributed by atoms with Gasteiger partial charge in [-0.15, -0.1) is 0 Å². The van der Waals surface area contributed by atoms with Crippen molar-refractivity contribution in [3.05, 3.63) is 12.7 Å². The predicted molar refractivity (Wildman–Crippen MR) is 64.6 cm³/mol. The topological polar surface area (TPSA) is 99.1 Å². The second kappa shape index (κ2) is 3.63. The molecule has 2 aromatic heterocycles. The van der Waals surface area contributed by atoms with Crippen LogP contribution in [0.1, 0.15) is 26.5 Å². The zero-order valence-corrected chi connectivity index (χ0v) is 10.2. The lowest BCUT2D eigenvalue weighted by Crippen LogP contribution is -2.20. The molecule has 2 unspecified atom stereocenters. The zero-order chi connectivity index (χ0) is 12.9. The summed E-state index contributed by atoms with van der Waals surface area (Å²) in [7, 11) is 0. The third-order valence-corrected chi connectivity index (χ3v) is 3.36. The molecule has 18 heavy (non-hydrogen) atoms. The standard InChI is InChI=1S/C11H15N5O2/c1-6(18-11(2)3-7(11)17)16-5-15-8-9(12)13-4-14-10(8)16/h4-7,17H,3H2,1-2H3,(H2,12,13,14)/t6?,7?,11-/m0/s1. The number of hydrogen-bond donors (Lipinski definition) is 2. The Morgan fingerprint density at radius 3 is 2.94 bits per heavy atom. The summed E-state index contributed by atoms with van der Waals surface area (Å²) in [6.45, 7) is 3.77. The van der Waals surface area contributed by atoms with E-state index in [9.17, 15) is 5.11 Å². The third-order valence-electron chi connectivity index (χ3n) is 3.36. The molecule has 1 aliphatic carbocycles. The van der Waals surface area contributed by atoms with Gasteiger partial charge in [-0.1, -0.05) is 0 Å². The molecule has 3 rings (SSSR count). The van der Waals surface area contributed by atoms with E-state index in [4.69, 9.17) is 10.5 Å². The number of nitrogen functional groups attached to an aromatic ring is 1. The van der Waals surface area contributed by atoms with Crippen molar-refractivity contribution in [2.24, 2.45) is 0 Å². The van der Waals surface area contributed by atoms with Crippen molar-refractivity contribution in [2.75, 3.05) is 5.73 Å².